The van der Waals surface area contributed by atoms with Crippen molar-refractivity contribution >= 4 is 44.8 Å². The maximum absolute atomic E-state index is 12.7. The Morgan fingerprint density at radius 1 is 1.28 bits per heavy atom. The van der Waals surface area contributed by atoms with Crippen LogP contribution in [0.25, 0.3) is 0 Å². The summed E-state index contributed by atoms with van der Waals surface area (Å²) in [6.07, 6.45) is 0. The Kier molecular flexibility index (Phi) is 6.56. The Morgan fingerprint density at radius 3 is 2.60 bits per heavy atom. The smallest absolute Gasteiger partial charge is 0.255 e. The highest BCUT2D eigenvalue weighted by Gasteiger charge is 2.17. The molecule has 1 N–H and O–H groups in total. The number of amides is 1. The van der Waals surface area contributed by atoms with Crippen molar-refractivity contribution in [1.82, 2.24) is 0 Å². The summed E-state index contributed by atoms with van der Waals surface area (Å²) in [4.78, 5) is 14.6. The Morgan fingerprint density at radius 2 is 2.00 bits per heavy atom. The molecule has 0 aliphatic carbocycles. The fraction of sp³-hybridized carbons (Fsp3) is 0.278. The molecule has 1 amide bonds. The van der Waals surface area contributed by atoms with Gasteiger partial charge in [-0.3, -0.25) is 4.79 Å². The van der Waals surface area contributed by atoms with Crippen LogP contribution >= 0.6 is 27.5 Å². The van der Waals surface area contributed by atoms with Gasteiger partial charge < -0.3 is 19.7 Å². The van der Waals surface area contributed by atoms with Gasteiger partial charge in [0.25, 0.3) is 5.91 Å². The standard InChI is InChI=1S/C18H20BrClN2O3/c1-5-25-17-13(19)8-11(9-16(17)24-4)18(23)21-14-10-12(20)6-7-15(14)22(2)3/h6-10H,5H2,1-4H3,(H,21,23). The van der Waals surface area contributed by atoms with Crippen molar-refractivity contribution in [1.29, 1.82) is 0 Å². The van der Waals surface area contributed by atoms with Crippen LogP contribution < -0.4 is 19.7 Å². The molecule has 0 aliphatic rings. The molecule has 0 saturated carbocycles. The molecule has 25 heavy (non-hydrogen) atoms. The zero-order chi connectivity index (χ0) is 18.6. The minimum atomic E-state index is -0.271. The van der Waals surface area contributed by atoms with Gasteiger partial charge in [-0.1, -0.05) is 11.6 Å². The zero-order valence-corrected chi connectivity index (χ0v) is 16.9. The fourth-order valence-electron chi connectivity index (χ4n) is 2.33. The quantitative estimate of drug-likeness (QED) is 0.717. The molecule has 0 heterocycles. The van der Waals surface area contributed by atoms with Crippen molar-refractivity contribution < 1.29 is 14.3 Å². The number of carbonyl (C=O) groups excluding carboxylic acids is 1. The molecule has 0 radical (unpaired) electrons. The van der Waals surface area contributed by atoms with Gasteiger partial charge in [-0.05, 0) is 53.2 Å². The molecule has 0 bridgehead atoms. The molecule has 0 spiro atoms. The number of nitrogens with zero attached hydrogens (tertiary/aromatic N) is 1. The van der Waals surface area contributed by atoms with Crippen LogP contribution in [0.2, 0.25) is 5.02 Å². The van der Waals surface area contributed by atoms with E-state index in [4.69, 9.17) is 21.1 Å². The molecule has 0 atom stereocenters. The van der Waals surface area contributed by atoms with Crippen LogP contribution in [-0.2, 0) is 0 Å². The van der Waals surface area contributed by atoms with Crippen molar-refractivity contribution in [3.63, 3.8) is 0 Å². The molecule has 2 aromatic carbocycles. The molecule has 0 unspecified atom stereocenters. The largest absolute Gasteiger partial charge is 0.493 e. The number of anilines is 2. The van der Waals surface area contributed by atoms with E-state index in [-0.39, 0.29) is 5.91 Å². The van der Waals surface area contributed by atoms with Crippen LogP contribution in [0.3, 0.4) is 0 Å². The van der Waals surface area contributed by atoms with Crippen molar-refractivity contribution in [2.24, 2.45) is 0 Å². The van der Waals surface area contributed by atoms with Gasteiger partial charge in [0.15, 0.2) is 11.5 Å². The lowest BCUT2D eigenvalue weighted by Crippen LogP contribution is -2.17. The number of hydrogen-bond donors (Lipinski definition) is 1. The molecule has 7 heteroatoms. The number of rotatable bonds is 6. The summed E-state index contributed by atoms with van der Waals surface area (Å²) in [5.41, 5.74) is 1.93. The number of carbonyl (C=O) groups is 1. The summed E-state index contributed by atoms with van der Waals surface area (Å²) in [5, 5.41) is 3.44. The Hall–Kier alpha value is -1.92. The van der Waals surface area contributed by atoms with Crippen LogP contribution in [-0.4, -0.2) is 33.7 Å². The molecule has 5 nitrogen and oxygen atoms in total. The molecule has 0 saturated heterocycles. The highest BCUT2D eigenvalue weighted by atomic mass is 79.9. The molecule has 2 rings (SSSR count). The average molecular weight is 428 g/mol. The first-order chi connectivity index (χ1) is 11.9. The molecule has 0 aromatic heterocycles. The minimum Gasteiger partial charge on any atom is -0.493 e. The highest BCUT2D eigenvalue weighted by Crippen LogP contribution is 2.37. The van der Waals surface area contributed by atoms with Gasteiger partial charge in [0, 0.05) is 24.7 Å². The predicted molar refractivity (Wildman–Crippen MR) is 106 cm³/mol. The second-order valence-corrected chi connectivity index (χ2v) is 6.72. The van der Waals surface area contributed by atoms with Gasteiger partial charge in [0.2, 0.25) is 0 Å². The van der Waals surface area contributed by atoms with E-state index in [2.05, 4.69) is 21.2 Å². The second kappa shape index (κ2) is 8.45. The van der Waals surface area contributed by atoms with E-state index in [1.165, 1.54) is 7.11 Å². The van der Waals surface area contributed by atoms with Gasteiger partial charge in [-0.15, -0.1) is 0 Å². The van der Waals surface area contributed by atoms with Crippen molar-refractivity contribution in [3.05, 3.63) is 45.4 Å². The SMILES string of the molecule is CCOc1c(Br)cc(C(=O)Nc2cc(Cl)ccc2N(C)C)cc1OC. The first-order valence-corrected chi connectivity index (χ1v) is 8.83. The van der Waals surface area contributed by atoms with Gasteiger partial charge in [0.1, 0.15) is 0 Å². The normalized spacial score (nSPS) is 10.3. The van der Waals surface area contributed by atoms with Gasteiger partial charge >= 0.3 is 0 Å². The predicted octanol–water partition coefficient (Wildman–Crippen LogP) is 4.83. The van der Waals surface area contributed by atoms with Crippen LogP contribution in [0, 0.1) is 0 Å². The van der Waals surface area contributed by atoms with E-state index in [1.54, 1.807) is 24.3 Å². The molecular formula is C18H20BrClN2O3. The second-order valence-electron chi connectivity index (χ2n) is 5.43. The van der Waals surface area contributed by atoms with E-state index in [0.717, 1.165) is 5.69 Å². The number of nitrogens with one attached hydrogen (secondary N) is 1. The van der Waals surface area contributed by atoms with Crippen molar-refractivity contribution in [2.45, 2.75) is 6.92 Å². The molecule has 0 fully saturated rings. The first-order valence-electron chi connectivity index (χ1n) is 7.66. The lowest BCUT2D eigenvalue weighted by atomic mass is 10.1. The van der Waals surface area contributed by atoms with E-state index >= 15 is 0 Å². The Balaban J connectivity index is 2.36. The van der Waals surface area contributed by atoms with Crippen LogP contribution in [0.4, 0.5) is 11.4 Å². The third-order valence-electron chi connectivity index (χ3n) is 3.47. The highest BCUT2D eigenvalue weighted by molar-refractivity contribution is 9.10. The average Bonchev–Trinajstić information content (AvgIpc) is 2.56. The van der Waals surface area contributed by atoms with Gasteiger partial charge in [-0.25, -0.2) is 0 Å². The van der Waals surface area contributed by atoms with Crippen LogP contribution in [0.15, 0.2) is 34.8 Å². The van der Waals surface area contributed by atoms with E-state index < -0.39 is 0 Å². The molecular weight excluding hydrogens is 408 g/mol. The molecule has 134 valence electrons. The lowest BCUT2D eigenvalue weighted by molar-refractivity contribution is 0.102. The summed E-state index contributed by atoms with van der Waals surface area (Å²) >= 11 is 9.49. The number of methoxy groups -OCH3 is 1. The van der Waals surface area contributed by atoms with Crippen molar-refractivity contribution in [2.75, 3.05) is 38.0 Å². The maximum atomic E-state index is 12.7. The summed E-state index contributed by atoms with van der Waals surface area (Å²) < 4.78 is 11.5. The number of halogens is 2. The summed E-state index contributed by atoms with van der Waals surface area (Å²) in [5.74, 6) is 0.783. The van der Waals surface area contributed by atoms with Crippen LogP contribution in [0.5, 0.6) is 11.5 Å². The number of benzene rings is 2. The maximum Gasteiger partial charge on any atom is 0.255 e. The van der Waals surface area contributed by atoms with Crippen molar-refractivity contribution in [3.8, 4) is 11.5 Å². The molecule has 2 aromatic rings. The van der Waals surface area contributed by atoms with Gasteiger partial charge in [-0.2, -0.15) is 0 Å². The Labute approximate surface area is 161 Å². The number of ether oxygens (including phenoxy) is 2. The monoisotopic (exact) mass is 426 g/mol. The van der Waals surface area contributed by atoms with Gasteiger partial charge in [0.05, 0.1) is 29.6 Å². The van der Waals surface area contributed by atoms with E-state index in [9.17, 15) is 4.79 Å². The fourth-order valence-corrected chi connectivity index (χ4v) is 3.06. The minimum absolute atomic E-state index is 0.271. The van der Waals surface area contributed by atoms with E-state index in [1.807, 2.05) is 32.0 Å². The Bertz CT molecular complexity index is 781. The summed E-state index contributed by atoms with van der Waals surface area (Å²) in [7, 11) is 5.33. The zero-order valence-electron chi connectivity index (χ0n) is 14.5. The lowest BCUT2D eigenvalue weighted by Gasteiger charge is -2.19. The third kappa shape index (κ3) is 4.58. The topological polar surface area (TPSA) is 50.8 Å². The third-order valence-corrected chi connectivity index (χ3v) is 4.29. The molecule has 0 aliphatic heterocycles. The summed E-state index contributed by atoms with van der Waals surface area (Å²) in [6.45, 7) is 2.38. The van der Waals surface area contributed by atoms with Crippen LogP contribution in [0.1, 0.15) is 17.3 Å². The van der Waals surface area contributed by atoms with E-state index in [0.29, 0.717) is 38.9 Å². The number of hydrogen-bond acceptors (Lipinski definition) is 4. The first kappa shape index (κ1) is 19.4. The summed E-state index contributed by atoms with van der Waals surface area (Å²) in [6, 6.07) is 8.69.